The zero-order valence-electron chi connectivity index (χ0n) is 10.2. The van der Waals surface area contributed by atoms with Gasteiger partial charge in [0.05, 0.1) is 0 Å². The maximum absolute atomic E-state index is 13.2. The molecule has 1 heterocycles. The number of amides is 1. The summed E-state index contributed by atoms with van der Waals surface area (Å²) in [6.45, 7) is 5.98. The van der Waals surface area contributed by atoms with E-state index in [2.05, 4.69) is 5.32 Å². The predicted octanol–water partition coefficient (Wildman–Crippen LogP) is 1.57. The maximum Gasteiger partial charge on any atom is 0.254 e. The van der Waals surface area contributed by atoms with Crippen molar-refractivity contribution in [2.24, 2.45) is 0 Å². The van der Waals surface area contributed by atoms with Crippen LogP contribution in [0.1, 0.15) is 22.8 Å². The molecule has 4 heteroatoms. The Hall–Kier alpha value is -1.42. The molecule has 0 aromatic heterocycles. The lowest BCUT2D eigenvalue weighted by molar-refractivity contribution is 0.0708. The molecule has 1 saturated heterocycles. The number of carbonyl (C=O) groups is 1. The minimum Gasteiger partial charge on any atom is -0.336 e. The van der Waals surface area contributed by atoms with Crippen molar-refractivity contribution in [2.75, 3.05) is 19.6 Å². The second-order valence-electron chi connectivity index (χ2n) is 4.62. The second-order valence-corrected chi connectivity index (χ2v) is 4.62. The summed E-state index contributed by atoms with van der Waals surface area (Å²) >= 11 is 0. The smallest absolute Gasteiger partial charge is 0.254 e. The van der Waals surface area contributed by atoms with E-state index in [9.17, 15) is 9.18 Å². The number of rotatable bonds is 1. The first-order chi connectivity index (χ1) is 8.06. The van der Waals surface area contributed by atoms with Crippen molar-refractivity contribution in [1.29, 1.82) is 0 Å². The average Bonchev–Trinajstić information content (AvgIpc) is 2.26. The van der Waals surface area contributed by atoms with Crippen molar-refractivity contribution in [3.63, 3.8) is 0 Å². The third-order valence-corrected chi connectivity index (χ3v) is 2.95. The highest BCUT2D eigenvalue weighted by Crippen LogP contribution is 2.12. The first-order valence-electron chi connectivity index (χ1n) is 5.86. The Morgan fingerprint density at radius 2 is 2.24 bits per heavy atom. The standard InChI is InChI=1S/C13H17FN2O/c1-9-5-11(7-12(14)6-9)13(17)16-4-3-15-10(2)8-16/h5-7,10,15H,3-4,8H2,1-2H3/t10-/m0/s1. The molecule has 92 valence electrons. The van der Waals surface area contributed by atoms with Crippen LogP contribution in [-0.4, -0.2) is 36.5 Å². The number of hydrogen-bond acceptors (Lipinski definition) is 2. The van der Waals surface area contributed by atoms with Crippen molar-refractivity contribution >= 4 is 5.91 Å². The summed E-state index contributed by atoms with van der Waals surface area (Å²) in [5.74, 6) is -0.433. The summed E-state index contributed by atoms with van der Waals surface area (Å²) < 4.78 is 13.2. The molecule has 3 nitrogen and oxygen atoms in total. The van der Waals surface area contributed by atoms with Gasteiger partial charge in [-0.2, -0.15) is 0 Å². The quantitative estimate of drug-likeness (QED) is 0.802. The number of benzene rings is 1. The summed E-state index contributed by atoms with van der Waals surface area (Å²) in [4.78, 5) is 14.0. The van der Waals surface area contributed by atoms with Gasteiger partial charge in [-0.25, -0.2) is 4.39 Å². The summed E-state index contributed by atoms with van der Waals surface area (Å²) in [5, 5.41) is 3.27. The van der Waals surface area contributed by atoms with E-state index >= 15 is 0 Å². The molecule has 1 aromatic carbocycles. The first kappa shape index (κ1) is 12.0. The highest BCUT2D eigenvalue weighted by molar-refractivity contribution is 5.94. The SMILES string of the molecule is Cc1cc(F)cc(C(=O)N2CCN[C@@H](C)C2)c1. The number of aryl methyl sites for hydroxylation is 1. The molecule has 1 aliphatic heterocycles. The minimum atomic E-state index is -0.350. The van der Waals surface area contributed by atoms with Gasteiger partial charge in [0.2, 0.25) is 0 Å². The van der Waals surface area contributed by atoms with E-state index in [1.165, 1.54) is 12.1 Å². The van der Waals surface area contributed by atoms with E-state index in [0.29, 0.717) is 24.7 Å². The van der Waals surface area contributed by atoms with Crippen LogP contribution in [0.3, 0.4) is 0 Å². The zero-order chi connectivity index (χ0) is 12.4. The molecule has 2 rings (SSSR count). The monoisotopic (exact) mass is 236 g/mol. The van der Waals surface area contributed by atoms with Crippen molar-refractivity contribution < 1.29 is 9.18 Å². The van der Waals surface area contributed by atoms with Crippen molar-refractivity contribution in [2.45, 2.75) is 19.9 Å². The highest BCUT2D eigenvalue weighted by atomic mass is 19.1. The van der Waals surface area contributed by atoms with Crippen LogP contribution in [0, 0.1) is 12.7 Å². The van der Waals surface area contributed by atoms with Gasteiger partial charge in [-0.3, -0.25) is 4.79 Å². The molecule has 0 unspecified atom stereocenters. The Morgan fingerprint density at radius 3 is 2.88 bits per heavy atom. The number of nitrogens with zero attached hydrogens (tertiary/aromatic N) is 1. The fourth-order valence-corrected chi connectivity index (χ4v) is 2.16. The van der Waals surface area contributed by atoms with Crippen molar-refractivity contribution in [3.05, 3.63) is 35.1 Å². The molecule has 1 aliphatic rings. The second kappa shape index (κ2) is 4.84. The third-order valence-electron chi connectivity index (χ3n) is 2.95. The molecule has 1 atom stereocenters. The normalized spacial score (nSPS) is 20.4. The fraction of sp³-hybridized carbons (Fsp3) is 0.462. The molecule has 1 aromatic rings. The molecule has 17 heavy (non-hydrogen) atoms. The van der Waals surface area contributed by atoms with E-state index in [1.54, 1.807) is 17.9 Å². The molecule has 0 aliphatic carbocycles. The first-order valence-corrected chi connectivity index (χ1v) is 5.86. The van der Waals surface area contributed by atoms with Crippen molar-refractivity contribution in [3.8, 4) is 0 Å². The summed E-state index contributed by atoms with van der Waals surface area (Å²) in [5.41, 5.74) is 1.22. The van der Waals surface area contributed by atoms with Crippen LogP contribution >= 0.6 is 0 Å². The number of hydrogen-bond donors (Lipinski definition) is 1. The zero-order valence-corrected chi connectivity index (χ0v) is 10.2. The van der Waals surface area contributed by atoms with Crippen LogP contribution in [0.5, 0.6) is 0 Å². The van der Waals surface area contributed by atoms with Crippen LogP contribution < -0.4 is 5.32 Å². The van der Waals surface area contributed by atoms with Gasteiger partial charge in [0.25, 0.3) is 5.91 Å². The van der Waals surface area contributed by atoms with Gasteiger partial charge < -0.3 is 10.2 Å². The van der Waals surface area contributed by atoms with Crippen LogP contribution in [0.25, 0.3) is 0 Å². The molecular formula is C13H17FN2O. The van der Waals surface area contributed by atoms with Gasteiger partial charge in [-0.05, 0) is 37.6 Å². The van der Waals surface area contributed by atoms with Gasteiger partial charge in [-0.1, -0.05) is 0 Å². The molecule has 1 fully saturated rings. The highest BCUT2D eigenvalue weighted by Gasteiger charge is 2.21. The molecule has 0 radical (unpaired) electrons. The Labute approximate surface area is 101 Å². The van der Waals surface area contributed by atoms with E-state index < -0.39 is 0 Å². The molecule has 0 saturated carbocycles. The van der Waals surface area contributed by atoms with Gasteiger partial charge in [0.1, 0.15) is 5.82 Å². The van der Waals surface area contributed by atoms with E-state index in [-0.39, 0.29) is 11.7 Å². The maximum atomic E-state index is 13.2. The molecule has 1 N–H and O–H groups in total. The lowest BCUT2D eigenvalue weighted by Gasteiger charge is -2.32. The Balaban J connectivity index is 2.18. The number of nitrogens with one attached hydrogen (secondary N) is 1. The average molecular weight is 236 g/mol. The molecule has 0 bridgehead atoms. The molecule has 1 amide bonds. The Kier molecular flexibility index (Phi) is 3.43. The molecular weight excluding hydrogens is 219 g/mol. The van der Waals surface area contributed by atoms with Gasteiger partial charge >= 0.3 is 0 Å². The summed E-state index contributed by atoms with van der Waals surface area (Å²) in [7, 11) is 0. The van der Waals surface area contributed by atoms with E-state index in [1.807, 2.05) is 6.92 Å². The number of piperazine rings is 1. The van der Waals surface area contributed by atoms with Crippen LogP contribution in [0.2, 0.25) is 0 Å². The van der Waals surface area contributed by atoms with Gasteiger partial charge in [0.15, 0.2) is 0 Å². The van der Waals surface area contributed by atoms with Gasteiger partial charge in [0, 0.05) is 31.2 Å². The third kappa shape index (κ3) is 2.82. The fourth-order valence-electron chi connectivity index (χ4n) is 2.16. The Morgan fingerprint density at radius 1 is 1.47 bits per heavy atom. The summed E-state index contributed by atoms with van der Waals surface area (Å²) in [6.07, 6.45) is 0. The van der Waals surface area contributed by atoms with Crippen LogP contribution in [0.4, 0.5) is 4.39 Å². The topological polar surface area (TPSA) is 32.3 Å². The number of halogens is 1. The van der Waals surface area contributed by atoms with Crippen LogP contribution in [0.15, 0.2) is 18.2 Å². The van der Waals surface area contributed by atoms with Crippen LogP contribution in [-0.2, 0) is 0 Å². The minimum absolute atomic E-state index is 0.0825. The Bertz CT molecular complexity index is 413. The van der Waals surface area contributed by atoms with E-state index in [0.717, 1.165) is 12.1 Å². The lowest BCUT2D eigenvalue weighted by atomic mass is 10.1. The van der Waals surface area contributed by atoms with Crippen molar-refractivity contribution in [1.82, 2.24) is 10.2 Å². The molecule has 0 spiro atoms. The van der Waals surface area contributed by atoms with Gasteiger partial charge in [-0.15, -0.1) is 0 Å². The largest absolute Gasteiger partial charge is 0.336 e. The number of carbonyl (C=O) groups excluding carboxylic acids is 1. The van der Waals surface area contributed by atoms with E-state index in [4.69, 9.17) is 0 Å². The predicted molar refractivity (Wildman–Crippen MR) is 64.5 cm³/mol. The lowest BCUT2D eigenvalue weighted by Crippen LogP contribution is -2.51. The summed E-state index contributed by atoms with van der Waals surface area (Å²) in [6, 6.07) is 4.76.